The molecule has 0 saturated heterocycles. The lowest BCUT2D eigenvalue weighted by molar-refractivity contribution is -0.275. The number of carbonyl (C=O) groups is 1. The maximum Gasteiger partial charge on any atom is 0.573 e. The topological polar surface area (TPSA) is 59.4 Å². The third kappa shape index (κ3) is 3.02. The van der Waals surface area contributed by atoms with Gasteiger partial charge in [-0.25, -0.2) is 18.6 Å². The molecular weight excluding hydrogens is 272 g/mol. The van der Waals surface area contributed by atoms with Gasteiger partial charge in [0.1, 0.15) is 5.56 Å². The molecule has 1 heterocycles. The molecule has 10 heteroatoms. The van der Waals surface area contributed by atoms with Gasteiger partial charge in [-0.15, -0.1) is 13.2 Å². The lowest BCUT2D eigenvalue weighted by Gasteiger charge is -2.14. The highest BCUT2D eigenvalue weighted by Crippen LogP contribution is 2.35. The van der Waals surface area contributed by atoms with Gasteiger partial charge >= 0.3 is 12.3 Å². The van der Waals surface area contributed by atoms with Crippen LogP contribution in [0.15, 0.2) is 6.20 Å². The summed E-state index contributed by atoms with van der Waals surface area (Å²) in [5.41, 5.74) is -3.38. The Labute approximate surface area is 94.8 Å². The summed E-state index contributed by atoms with van der Waals surface area (Å²) in [6.45, 7) is 0. The van der Waals surface area contributed by atoms with Crippen LogP contribution in [0.3, 0.4) is 0 Å². The Morgan fingerprint density at radius 1 is 1.39 bits per heavy atom. The maximum atomic E-state index is 12.9. The Morgan fingerprint density at radius 3 is 2.33 bits per heavy atom. The first-order valence-electron chi connectivity index (χ1n) is 4.09. The van der Waals surface area contributed by atoms with Crippen molar-refractivity contribution in [1.29, 1.82) is 0 Å². The largest absolute Gasteiger partial charge is 0.573 e. The minimum absolute atomic E-state index is 0.0384. The van der Waals surface area contributed by atoms with Gasteiger partial charge in [0.2, 0.25) is 5.95 Å². The second kappa shape index (κ2) is 4.70. The summed E-state index contributed by atoms with van der Waals surface area (Å²) < 4.78 is 76.7. The Balaban J connectivity index is 3.44. The Kier molecular flexibility index (Phi) is 3.67. The lowest BCUT2D eigenvalue weighted by Crippen LogP contribution is -2.20. The van der Waals surface area contributed by atoms with Crippen molar-refractivity contribution in [2.45, 2.75) is 12.8 Å². The molecule has 0 fully saturated rings. The molecular formula is C8H3F6NO3. The predicted octanol–water partition coefficient (Wildman–Crippen LogP) is 2.76. The molecule has 0 unspecified atom stereocenters. The highest BCUT2D eigenvalue weighted by atomic mass is 19.4. The van der Waals surface area contributed by atoms with Crippen molar-refractivity contribution in [3.8, 4) is 5.75 Å². The fraction of sp³-hybridized carbons (Fsp3) is 0.250. The number of pyridine rings is 1. The summed E-state index contributed by atoms with van der Waals surface area (Å²) in [5.74, 6) is -5.56. The standard InChI is InChI=1S/C8H3F6NO3/c9-5(10)3-2(18-8(12,13)14)1-15-6(11)4(3)7(16)17/h1,5H,(H,16,17). The van der Waals surface area contributed by atoms with Crippen LogP contribution in [0.25, 0.3) is 0 Å². The second-order valence-electron chi connectivity index (χ2n) is 2.86. The molecule has 1 N–H and O–H groups in total. The molecule has 0 bridgehead atoms. The van der Waals surface area contributed by atoms with Crippen LogP contribution in [0.5, 0.6) is 5.75 Å². The quantitative estimate of drug-likeness (QED) is 0.680. The van der Waals surface area contributed by atoms with Gasteiger partial charge < -0.3 is 9.84 Å². The number of carboxylic acid groups (broad SMARTS) is 1. The van der Waals surface area contributed by atoms with Gasteiger partial charge in [0.15, 0.2) is 5.75 Å². The SMILES string of the molecule is O=C(O)c1c(F)ncc(OC(F)(F)F)c1C(F)F. The predicted molar refractivity (Wildman–Crippen MR) is 42.8 cm³/mol. The molecule has 0 aliphatic rings. The third-order valence-electron chi connectivity index (χ3n) is 1.69. The number of hydrogen-bond acceptors (Lipinski definition) is 3. The molecule has 1 aromatic rings. The average Bonchev–Trinajstić information content (AvgIpc) is 2.17. The second-order valence-corrected chi connectivity index (χ2v) is 2.86. The molecule has 18 heavy (non-hydrogen) atoms. The first kappa shape index (κ1) is 14.1. The van der Waals surface area contributed by atoms with E-state index >= 15 is 0 Å². The summed E-state index contributed by atoms with van der Waals surface area (Å²) >= 11 is 0. The van der Waals surface area contributed by atoms with Gasteiger partial charge in [-0.3, -0.25) is 0 Å². The lowest BCUT2D eigenvalue weighted by atomic mass is 10.1. The zero-order valence-electron chi connectivity index (χ0n) is 8.13. The number of carboxylic acids is 1. The van der Waals surface area contributed by atoms with Crippen LogP contribution in [0, 0.1) is 5.95 Å². The van der Waals surface area contributed by atoms with E-state index in [1.807, 2.05) is 0 Å². The van der Waals surface area contributed by atoms with Crippen molar-refractivity contribution < 1.29 is 41.0 Å². The monoisotopic (exact) mass is 275 g/mol. The van der Waals surface area contributed by atoms with E-state index in [0.29, 0.717) is 0 Å². The highest BCUT2D eigenvalue weighted by Gasteiger charge is 2.36. The van der Waals surface area contributed by atoms with Crippen molar-refractivity contribution in [2.24, 2.45) is 0 Å². The van der Waals surface area contributed by atoms with Crippen LogP contribution in [-0.2, 0) is 0 Å². The van der Waals surface area contributed by atoms with Crippen molar-refractivity contribution in [3.05, 3.63) is 23.3 Å². The first-order chi connectivity index (χ1) is 8.13. The van der Waals surface area contributed by atoms with Gasteiger partial charge in [-0.2, -0.15) is 4.39 Å². The van der Waals surface area contributed by atoms with Crippen molar-refractivity contribution >= 4 is 5.97 Å². The molecule has 0 aliphatic heterocycles. The Bertz CT molecular complexity index is 473. The van der Waals surface area contributed by atoms with Crippen molar-refractivity contribution in [2.75, 3.05) is 0 Å². The molecule has 0 aliphatic carbocycles. The summed E-state index contributed by atoms with van der Waals surface area (Å²) in [7, 11) is 0. The zero-order valence-corrected chi connectivity index (χ0v) is 8.13. The first-order valence-corrected chi connectivity index (χ1v) is 4.09. The maximum absolute atomic E-state index is 12.9. The van der Waals surface area contributed by atoms with Crippen LogP contribution in [0.1, 0.15) is 22.3 Å². The highest BCUT2D eigenvalue weighted by molar-refractivity contribution is 5.90. The number of alkyl halides is 5. The van der Waals surface area contributed by atoms with Crippen LogP contribution in [-0.4, -0.2) is 22.4 Å². The number of rotatable bonds is 3. The molecule has 1 rings (SSSR count). The van der Waals surface area contributed by atoms with Crippen LogP contribution in [0.2, 0.25) is 0 Å². The van der Waals surface area contributed by atoms with Crippen LogP contribution in [0.4, 0.5) is 26.3 Å². The molecule has 0 radical (unpaired) electrons. The van der Waals surface area contributed by atoms with Gasteiger partial charge in [-0.1, -0.05) is 0 Å². The molecule has 0 amide bonds. The summed E-state index contributed by atoms with van der Waals surface area (Å²) in [5, 5.41) is 8.47. The minimum atomic E-state index is -5.33. The van der Waals surface area contributed by atoms with Gasteiger partial charge in [0.05, 0.1) is 11.8 Å². The summed E-state index contributed by atoms with van der Waals surface area (Å²) in [6, 6.07) is 0. The number of aromatic nitrogens is 1. The van der Waals surface area contributed by atoms with E-state index in [-0.39, 0.29) is 6.20 Å². The number of hydrogen-bond donors (Lipinski definition) is 1. The summed E-state index contributed by atoms with van der Waals surface area (Å²) in [6.07, 6.45) is -8.97. The van der Waals surface area contributed by atoms with Crippen LogP contribution >= 0.6 is 0 Å². The van der Waals surface area contributed by atoms with Crippen molar-refractivity contribution in [1.82, 2.24) is 4.98 Å². The molecule has 0 atom stereocenters. The third-order valence-corrected chi connectivity index (χ3v) is 1.69. The average molecular weight is 275 g/mol. The Hall–Kier alpha value is -2.00. The van der Waals surface area contributed by atoms with Gasteiger partial charge in [0.25, 0.3) is 6.43 Å². The van der Waals surface area contributed by atoms with E-state index in [1.165, 1.54) is 0 Å². The minimum Gasteiger partial charge on any atom is -0.478 e. The summed E-state index contributed by atoms with van der Waals surface area (Å²) in [4.78, 5) is 13.1. The van der Waals surface area contributed by atoms with Crippen LogP contribution < -0.4 is 4.74 Å². The molecule has 100 valence electrons. The fourth-order valence-corrected chi connectivity index (χ4v) is 1.11. The molecule has 0 aromatic carbocycles. The Morgan fingerprint density at radius 2 is 1.94 bits per heavy atom. The van der Waals surface area contributed by atoms with E-state index in [4.69, 9.17) is 5.11 Å². The van der Waals surface area contributed by atoms with E-state index in [1.54, 1.807) is 0 Å². The van der Waals surface area contributed by atoms with Gasteiger partial charge in [-0.05, 0) is 0 Å². The number of halogens is 6. The van der Waals surface area contributed by atoms with Crippen molar-refractivity contribution in [3.63, 3.8) is 0 Å². The van der Waals surface area contributed by atoms with E-state index in [9.17, 15) is 31.1 Å². The van der Waals surface area contributed by atoms with E-state index < -0.39 is 41.6 Å². The smallest absolute Gasteiger partial charge is 0.478 e. The molecule has 0 saturated carbocycles. The number of aromatic carboxylic acids is 1. The fourth-order valence-electron chi connectivity index (χ4n) is 1.11. The number of ether oxygens (including phenoxy) is 1. The molecule has 4 nitrogen and oxygen atoms in total. The zero-order chi connectivity index (χ0) is 14.1. The van der Waals surface area contributed by atoms with E-state index in [0.717, 1.165) is 0 Å². The normalized spacial score (nSPS) is 11.7. The number of nitrogens with zero attached hydrogens (tertiary/aromatic N) is 1. The molecule has 1 aromatic heterocycles. The van der Waals surface area contributed by atoms with Gasteiger partial charge in [0, 0.05) is 0 Å². The van der Waals surface area contributed by atoms with E-state index in [2.05, 4.69) is 9.72 Å². The molecule has 0 spiro atoms.